The van der Waals surface area contributed by atoms with E-state index < -0.39 is 5.60 Å². The van der Waals surface area contributed by atoms with Gasteiger partial charge in [0.15, 0.2) is 0 Å². The van der Waals surface area contributed by atoms with Crippen LogP contribution in [0.1, 0.15) is 48.5 Å². The summed E-state index contributed by atoms with van der Waals surface area (Å²) in [4.78, 5) is 0. The van der Waals surface area contributed by atoms with E-state index >= 15 is 0 Å². The highest BCUT2D eigenvalue weighted by molar-refractivity contribution is 5.28. The van der Waals surface area contributed by atoms with E-state index in [2.05, 4.69) is 91.1 Å². The number of piperidine rings is 1. The molecule has 3 aromatic rings. The van der Waals surface area contributed by atoms with E-state index in [0.29, 0.717) is 12.8 Å². The van der Waals surface area contributed by atoms with Crippen LogP contribution in [0.25, 0.3) is 0 Å². The third kappa shape index (κ3) is 3.89. The van der Waals surface area contributed by atoms with Gasteiger partial charge >= 0.3 is 0 Å². The smallest absolute Gasteiger partial charge is 0.0752 e. The predicted molar refractivity (Wildman–Crippen MR) is 115 cm³/mol. The molecule has 28 heavy (non-hydrogen) atoms. The minimum Gasteiger partial charge on any atom is -0.389 e. The van der Waals surface area contributed by atoms with Crippen molar-refractivity contribution in [2.45, 2.75) is 43.9 Å². The van der Waals surface area contributed by atoms with Crippen LogP contribution in [0.2, 0.25) is 0 Å². The van der Waals surface area contributed by atoms with Crippen molar-refractivity contribution < 1.29 is 5.11 Å². The quantitative estimate of drug-likeness (QED) is 0.624. The Labute approximate surface area is 168 Å². The minimum absolute atomic E-state index is 0.124. The SMILES string of the molecule is CCC1C(c2ccccc2)NC(c2ccccc2)CC1(O)Cc1ccccc1. The van der Waals surface area contributed by atoms with E-state index in [1.54, 1.807) is 0 Å². The third-order valence-corrected chi connectivity index (χ3v) is 6.18. The lowest BCUT2D eigenvalue weighted by Gasteiger charge is -2.49. The van der Waals surface area contributed by atoms with Gasteiger partial charge in [0.2, 0.25) is 0 Å². The van der Waals surface area contributed by atoms with Gasteiger partial charge in [-0.2, -0.15) is 0 Å². The Balaban J connectivity index is 1.73. The van der Waals surface area contributed by atoms with Gasteiger partial charge in [-0.25, -0.2) is 0 Å². The van der Waals surface area contributed by atoms with Crippen LogP contribution in [-0.4, -0.2) is 10.7 Å². The maximum Gasteiger partial charge on any atom is 0.0752 e. The number of rotatable bonds is 5. The van der Waals surface area contributed by atoms with Gasteiger partial charge < -0.3 is 10.4 Å². The summed E-state index contributed by atoms with van der Waals surface area (Å²) < 4.78 is 0. The molecule has 0 aromatic heterocycles. The molecule has 0 aliphatic carbocycles. The van der Waals surface area contributed by atoms with Crippen molar-refractivity contribution >= 4 is 0 Å². The molecule has 0 bridgehead atoms. The highest BCUT2D eigenvalue weighted by Gasteiger charge is 2.47. The first-order chi connectivity index (χ1) is 13.7. The van der Waals surface area contributed by atoms with Crippen LogP contribution in [0, 0.1) is 5.92 Å². The minimum atomic E-state index is -0.762. The van der Waals surface area contributed by atoms with Crippen molar-refractivity contribution in [2.24, 2.45) is 5.92 Å². The third-order valence-electron chi connectivity index (χ3n) is 6.18. The van der Waals surface area contributed by atoms with Crippen molar-refractivity contribution in [1.82, 2.24) is 5.32 Å². The monoisotopic (exact) mass is 371 g/mol. The Morgan fingerprint density at radius 2 is 1.36 bits per heavy atom. The van der Waals surface area contributed by atoms with Gasteiger partial charge in [0.05, 0.1) is 5.60 Å². The molecule has 1 heterocycles. The summed E-state index contributed by atoms with van der Waals surface area (Å²) >= 11 is 0. The molecule has 4 unspecified atom stereocenters. The summed E-state index contributed by atoms with van der Waals surface area (Å²) in [6.45, 7) is 2.20. The maximum atomic E-state index is 12.0. The molecule has 4 atom stereocenters. The Kier molecular flexibility index (Phi) is 5.61. The number of benzene rings is 3. The van der Waals surface area contributed by atoms with E-state index in [1.165, 1.54) is 16.7 Å². The second-order valence-electron chi connectivity index (χ2n) is 8.00. The molecule has 144 valence electrons. The molecule has 2 heteroatoms. The van der Waals surface area contributed by atoms with Crippen LogP contribution in [0.15, 0.2) is 91.0 Å². The van der Waals surface area contributed by atoms with Crippen molar-refractivity contribution in [3.8, 4) is 0 Å². The average Bonchev–Trinajstić information content (AvgIpc) is 2.75. The molecule has 0 saturated carbocycles. The van der Waals surface area contributed by atoms with Gasteiger partial charge in [-0.05, 0) is 29.5 Å². The molecule has 0 spiro atoms. The highest BCUT2D eigenvalue weighted by Crippen LogP contribution is 2.46. The van der Waals surface area contributed by atoms with Gasteiger partial charge in [-0.3, -0.25) is 0 Å². The Bertz CT molecular complexity index is 865. The van der Waals surface area contributed by atoms with Crippen molar-refractivity contribution in [2.75, 3.05) is 0 Å². The van der Waals surface area contributed by atoms with Gasteiger partial charge in [0, 0.05) is 24.4 Å². The number of hydrogen-bond donors (Lipinski definition) is 2. The van der Waals surface area contributed by atoms with Crippen LogP contribution < -0.4 is 5.32 Å². The fraction of sp³-hybridized carbons (Fsp3) is 0.308. The molecule has 3 aromatic carbocycles. The van der Waals surface area contributed by atoms with Crippen LogP contribution in [-0.2, 0) is 6.42 Å². The van der Waals surface area contributed by atoms with Crippen molar-refractivity contribution in [3.05, 3.63) is 108 Å². The van der Waals surface area contributed by atoms with E-state index in [0.717, 1.165) is 6.42 Å². The first kappa shape index (κ1) is 18.9. The summed E-state index contributed by atoms with van der Waals surface area (Å²) in [5.41, 5.74) is 2.93. The first-order valence-corrected chi connectivity index (χ1v) is 10.3. The Morgan fingerprint density at radius 1 is 0.821 bits per heavy atom. The lowest BCUT2D eigenvalue weighted by molar-refractivity contribution is -0.0761. The maximum absolute atomic E-state index is 12.0. The highest BCUT2D eigenvalue weighted by atomic mass is 16.3. The van der Waals surface area contributed by atoms with E-state index in [9.17, 15) is 5.11 Å². The molecule has 1 saturated heterocycles. The van der Waals surface area contributed by atoms with Crippen LogP contribution >= 0.6 is 0 Å². The number of aliphatic hydroxyl groups is 1. The van der Waals surface area contributed by atoms with E-state index in [4.69, 9.17) is 0 Å². The molecule has 1 fully saturated rings. The summed E-state index contributed by atoms with van der Waals surface area (Å²) in [5.74, 6) is 0.148. The van der Waals surface area contributed by atoms with E-state index in [1.807, 2.05) is 12.1 Å². The molecule has 1 aliphatic rings. The molecule has 0 amide bonds. The normalized spacial score (nSPS) is 27.4. The van der Waals surface area contributed by atoms with E-state index in [-0.39, 0.29) is 18.0 Å². The lowest BCUT2D eigenvalue weighted by atomic mass is 9.67. The van der Waals surface area contributed by atoms with Crippen molar-refractivity contribution in [1.29, 1.82) is 0 Å². The Hall–Kier alpha value is -2.42. The fourth-order valence-corrected chi connectivity index (χ4v) is 4.86. The molecule has 2 nitrogen and oxygen atoms in total. The Morgan fingerprint density at radius 3 is 1.93 bits per heavy atom. The van der Waals surface area contributed by atoms with Crippen LogP contribution in [0.5, 0.6) is 0 Å². The second-order valence-corrected chi connectivity index (χ2v) is 8.00. The molecular weight excluding hydrogens is 342 g/mol. The average molecular weight is 372 g/mol. The van der Waals surface area contributed by atoms with Crippen molar-refractivity contribution in [3.63, 3.8) is 0 Å². The zero-order chi connectivity index (χ0) is 19.4. The topological polar surface area (TPSA) is 32.3 Å². The predicted octanol–water partition coefficient (Wildman–Crippen LogP) is 5.46. The first-order valence-electron chi connectivity index (χ1n) is 10.3. The lowest BCUT2D eigenvalue weighted by Crippen LogP contribution is -2.54. The summed E-state index contributed by atoms with van der Waals surface area (Å²) in [6.07, 6.45) is 2.33. The molecule has 4 rings (SSSR count). The standard InChI is InChI=1S/C26H29NO/c1-2-23-25(22-16-10-5-11-17-22)27-24(21-14-8-4-9-15-21)19-26(23,28)18-20-12-6-3-7-13-20/h3-17,23-25,27-28H,2,18-19H2,1H3. The molecule has 0 radical (unpaired) electrons. The fourth-order valence-electron chi connectivity index (χ4n) is 4.86. The molecule has 2 N–H and O–H groups in total. The van der Waals surface area contributed by atoms with Gasteiger partial charge in [0.1, 0.15) is 0 Å². The second kappa shape index (κ2) is 8.30. The number of hydrogen-bond acceptors (Lipinski definition) is 2. The zero-order valence-electron chi connectivity index (χ0n) is 16.5. The summed E-state index contributed by atoms with van der Waals surface area (Å²) in [6, 6.07) is 31.8. The zero-order valence-corrected chi connectivity index (χ0v) is 16.5. The summed E-state index contributed by atoms with van der Waals surface area (Å²) in [5, 5.41) is 15.9. The molecular formula is C26H29NO. The largest absolute Gasteiger partial charge is 0.389 e. The van der Waals surface area contributed by atoms with Crippen LogP contribution in [0.3, 0.4) is 0 Å². The van der Waals surface area contributed by atoms with Crippen LogP contribution in [0.4, 0.5) is 0 Å². The number of nitrogens with one attached hydrogen (secondary N) is 1. The molecule has 1 aliphatic heterocycles. The van der Waals surface area contributed by atoms with Gasteiger partial charge in [-0.15, -0.1) is 0 Å². The summed E-state index contributed by atoms with van der Waals surface area (Å²) in [7, 11) is 0. The van der Waals surface area contributed by atoms with Gasteiger partial charge in [0.25, 0.3) is 0 Å². The van der Waals surface area contributed by atoms with Gasteiger partial charge in [-0.1, -0.05) is 97.9 Å².